The number of aliphatic hydroxyl groups excluding tert-OH is 1. The van der Waals surface area contributed by atoms with E-state index in [1.54, 1.807) is 25.8 Å². The van der Waals surface area contributed by atoms with Crippen LogP contribution >= 0.6 is 0 Å². The normalized spacial score (nSPS) is 12.9. The molecule has 4 aromatic carbocycles. The highest BCUT2D eigenvalue weighted by Crippen LogP contribution is 2.23. The molecule has 4 N–H and O–H groups in total. The van der Waals surface area contributed by atoms with Crippen molar-refractivity contribution in [2.24, 2.45) is 9.98 Å². The first-order valence-electron chi connectivity index (χ1n) is 20.8. The number of rotatable bonds is 11. The van der Waals surface area contributed by atoms with Gasteiger partial charge in [-0.15, -0.1) is 13.6 Å². The maximum Gasteiger partial charge on any atom is 0.116 e. The predicted molar refractivity (Wildman–Crippen MR) is 279 cm³/mol. The SMILES string of the molecule is CC.Cc1cc(C)c(CC2=NCCN2)c(C)c1C.[B]B([B])C.[B][B]B([B])C(NB([B])B([B])[B])C(O)c1ccccc1.[B][B]C.c1ccc2c(CC3=NCCN3)cccc2c1. The van der Waals surface area contributed by atoms with Crippen LogP contribution in [0.25, 0.3) is 10.8 Å². The molecule has 20 heteroatoms. The summed E-state index contributed by atoms with van der Waals surface area (Å²) in [5.74, 6) is 1.68. The van der Waals surface area contributed by atoms with Crippen LogP contribution < -0.4 is 15.9 Å². The molecule has 0 fully saturated rings. The molecule has 6 nitrogen and oxygen atoms in total. The summed E-state index contributed by atoms with van der Waals surface area (Å²) in [6.07, 6.45) is 0.233. The Hall–Kier alpha value is -3.09. The van der Waals surface area contributed by atoms with Gasteiger partial charge in [-0.1, -0.05) is 92.7 Å². The van der Waals surface area contributed by atoms with Crippen molar-refractivity contribution in [2.75, 3.05) is 26.2 Å². The van der Waals surface area contributed by atoms with Gasteiger partial charge >= 0.3 is 0 Å². The molecule has 0 bridgehead atoms. The Labute approximate surface area is 377 Å². The third kappa shape index (κ3) is 19.7. The van der Waals surface area contributed by atoms with Gasteiger partial charge in [0.15, 0.2) is 0 Å². The lowest BCUT2D eigenvalue weighted by Crippen LogP contribution is -2.61. The Balaban J connectivity index is 0.000000409. The van der Waals surface area contributed by atoms with Crippen LogP contribution in [0.1, 0.15) is 58.9 Å². The van der Waals surface area contributed by atoms with E-state index in [2.05, 4.69) is 102 Å². The largest absolute Gasteiger partial charge is 0.388 e. The van der Waals surface area contributed by atoms with Crippen molar-refractivity contribution < 1.29 is 5.11 Å². The van der Waals surface area contributed by atoms with Crippen LogP contribution in [0, 0.1) is 27.7 Å². The number of nitrogens with one attached hydrogen (secondary N) is 3. The fraction of sp³-hybridized carbons (Fsp3) is 0.400. The van der Waals surface area contributed by atoms with Crippen LogP contribution in [0.2, 0.25) is 13.6 Å². The highest BCUT2D eigenvalue weighted by molar-refractivity contribution is 7.66. The van der Waals surface area contributed by atoms with E-state index in [1.165, 1.54) is 58.4 Å². The number of aryl methyl sites for hydroxylation is 2. The predicted octanol–water partition coefficient (Wildman–Crippen LogP) is 2.36. The van der Waals surface area contributed by atoms with E-state index in [1.807, 2.05) is 32.0 Å². The Morgan fingerprint density at radius 3 is 1.78 bits per heavy atom. The second kappa shape index (κ2) is 30.9. The molecule has 2 unspecified atom stereocenters. The highest BCUT2D eigenvalue weighted by Gasteiger charge is 2.28. The summed E-state index contributed by atoms with van der Waals surface area (Å²) in [5, 5.41) is 22.6. The molecule has 0 aromatic heterocycles. The summed E-state index contributed by atoms with van der Waals surface area (Å²) in [5.41, 5.74) is 9.11. The zero-order valence-corrected chi connectivity index (χ0v) is 37.3. The minimum atomic E-state index is -0.874. The summed E-state index contributed by atoms with van der Waals surface area (Å²) < 4.78 is 0. The molecule has 0 amide bonds. The monoisotopic (exact) mass is 776 g/mol. The molecular weight excluding hydrogens is 718 g/mol. The number of nitrogens with zero attached hydrogens (tertiary/aromatic N) is 2. The number of amidine groups is 2. The lowest BCUT2D eigenvalue weighted by atomic mass is 8.90. The zero-order chi connectivity index (χ0) is 45.2. The molecule has 60 heavy (non-hydrogen) atoms. The van der Waals surface area contributed by atoms with Gasteiger partial charge in [-0.2, -0.15) is 0 Å². The number of fused-ring (bicyclic) bond motifs is 1. The summed E-state index contributed by atoms with van der Waals surface area (Å²) in [6.45, 7) is 18.7. The van der Waals surface area contributed by atoms with Gasteiger partial charge in [0.25, 0.3) is 0 Å². The fourth-order valence-electron chi connectivity index (χ4n) is 6.26. The minimum Gasteiger partial charge on any atom is -0.388 e. The van der Waals surface area contributed by atoms with E-state index < -0.39 is 31.6 Å². The first-order chi connectivity index (χ1) is 28.6. The number of benzene rings is 4. The molecule has 0 saturated heterocycles. The second-order valence-corrected chi connectivity index (χ2v) is 14.4. The first kappa shape index (κ1) is 54.9. The number of hydrogen-bond donors (Lipinski definition) is 4. The minimum absolute atomic E-state index is 0.167. The Morgan fingerprint density at radius 1 is 0.750 bits per heavy atom. The summed E-state index contributed by atoms with van der Waals surface area (Å²) in [6, 6.07) is 26.3. The van der Waals surface area contributed by atoms with Crippen LogP contribution in [0.15, 0.2) is 88.8 Å². The lowest BCUT2D eigenvalue weighted by Gasteiger charge is -2.32. The van der Waals surface area contributed by atoms with Crippen LogP contribution in [0.4, 0.5) is 0 Å². The third-order valence-corrected chi connectivity index (χ3v) is 9.50. The van der Waals surface area contributed by atoms with Gasteiger partial charge in [-0.25, -0.2) is 0 Å². The molecule has 6 rings (SSSR count). The fourth-order valence-corrected chi connectivity index (χ4v) is 6.26. The van der Waals surface area contributed by atoms with Crippen molar-refractivity contribution in [1.82, 2.24) is 15.9 Å². The Kier molecular flexibility index (Phi) is 28.2. The quantitative estimate of drug-likeness (QED) is 0.177. The third-order valence-electron chi connectivity index (χ3n) is 9.50. The molecule has 2 aliphatic heterocycles. The van der Waals surface area contributed by atoms with E-state index in [9.17, 15) is 5.11 Å². The Bertz CT molecular complexity index is 1850. The van der Waals surface area contributed by atoms with Crippen LogP contribution in [-0.4, -0.2) is 151 Å². The molecule has 0 spiro atoms. The Morgan fingerprint density at radius 2 is 1.27 bits per heavy atom. The topological polar surface area (TPSA) is 81.0 Å². The van der Waals surface area contributed by atoms with E-state index in [4.69, 9.17) is 61.9 Å². The van der Waals surface area contributed by atoms with Crippen LogP contribution in [0.5, 0.6) is 0 Å². The second-order valence-electron chi connectivity index (χ2n) is 14.4. The molecule has 18 radical (unpaired) electrons. The molecule has 0 saturated carbocycles. The van der Waals surface area contributed by atoms with Crippen LogP contribution in [0.3, 0.4) is 0 Å². The van der Waals surface area contributed by atoms with Gasteiger partial charge in [-0.3, -0.25) is 9.98 Å². The van der Waals surface area contributed by atoms with E-state index in [0.29, 0.717) is 5.56 Å². The summed E-state index contributed by atoms with van der Waals surface area (Å²) >= 11 is 0. The van der Waals surface area contributed by atoms with Gasteiger partial charge in [0, 0.05) is 108 Å². The smallest absolute Gasteiger partial charge is 0.116 e. The zero-order valence-electron chi connectivity index (χ0n) is 37.3. The molecule has 0 aliphatic carbocycles. The summed E-state index contributed by atoms with van der Waals surface area (Å²) in [7, 11) is 45.3. The van der Waals surface area contributed by atoms with Crippen molar-refractivity contribution in [3.8, 4) is 0 Å². The maximum atomic E-state index is 10.4. The van der Waals surface area contributed by atoms with Gasteiger partial charge in [0.1, 0.15) is 18.3 Å². The summed E-state index contributed by atoms with van der Waals surface area (Å²) in [4.78, 5) is 8.91. The molecule has 2 aliphatic rings. The first-order valence-corrected chi connectivity index (χ1v) is 20.8. The number of aliphatic imine (C=N–C) groups is 2. The molecule has 288 valence electrons. The maximum absolute atomic E-state index is 10.4. The average Bonchev–Trinajstić information content (AvgIpc) is 3.97. The molecule has 2 heterocycles. The van der Waals surface area contributed by atoms with Crippen molar-refractivity contribution in [1.29, 1.82) is 0 Å². The lowest BCUT2D eigenvalue weighted by molar-refractivity contribution is 0.167. The van der Waals surface area contributed by atoms with E-state index in [0.717, 1.165) is 50.7 Å². The van der Waals surface area contributed by atoms with E-state index >= 15 is 0 Å². The van der Waals surface area contributed by atoms with Crippen LogP contribution in [-0.2, 0) is 12.8 Å². The van der Waals surface area contributed by atoms with Gasteiger partial charge in [-0.05, 0) is 83.4 Å². The highest BCUT2D eigenvalue weighted by atomic mass is 16.3. The van der Waals surface area contributed by atoms with Gasteiger partial charge in [0.05, 0.1) is 32.9 Å². The van der Waals surface area contributed by atoms with Gasteiger partial charge in [0.2, 0.25) is 0 Å². The average molecular weight is 773 g/mol. The number of aliphatic hydroxyl groups is 1. The molecule has 2 atom stereocenters. The molecular formula is C40H55B14N5O. The van der Waals surface area contributed by atoms with Crippen molar-refractivity contribution in [3.63, 3.8) is 0 Å². The van der Waals surface area contributed by atoms with E-state index in [-0.39, 0.29) is 6.49 Å². The molecule has 4 aromatic rings. The van der Waals surface area contributed by atoms with Crippen molar-refractivity contribution in [3.05, 3.63) is 118 Å². The number of hydrogen-bond acceptors (Lipinski definition) is 6. The van der Waals surface area contributed by atoms with Gasteiger partial charge < -0.3 is 21.0 Å². The van der Waals surface area contributed by atoms with Crippen molar-refractivity contribution >= 4 is 125 Å². The van der Waals surface area contributed by atoms with Crippen molar-refractivity contribution in [2.45, 2.75) is 80.1 Å². The standard InChI is InChI=1S/C14H14N2.C14H20N2.C8H9B9NO.C2H6.CH3B3.CH3B2/c1-2-7-13-11(4-1)5-3-6-12(13)10-14-15-8-9-16-14;1-9-7-10(2)13(12(4)11(9)3)8-14-15-5-6-16-14;9-14-15(10)8(18-17(13)16(11)12)7(19)6-4-2-1-3-5-6;1-2;1-4(2)3;1-3-2/h1-7H,8-10H2,(H,15,16);7H,5-6,8H2,1-4H3,(H,15,16);1-5,7-8,18-19H;1-2H3;1H3;1H3.